The van der Waals surface area contributed by atoms with Crippen LogP contribution in [0, 0.1) is 11.3 Å². The molecule has 0 spiro atoms. The van der Waals surface area contributed by atoms with Gasteiger partial charge in [-0.05, 0) is 17.5 Å². The van der Waals surface area contributed by atoms with Crippen LogP contribution in [0.5, 0.6) is 0 Å². The van der Waals surface area contributed by atoms with E-state index < -0.39 is 0 Å². The van der Waals surface area contributed by atoms with Crippen molar-refractivity contribution in [2.45, 2.75) is 0 Å². The van der Waals surface area contributed by atoms with Crippen molar-refractivity contribution < 1.29 is 4.42 Å². The highest BCUT2D eigenvalue weighted by Crippen LogP contribution is 2.21. The molecular formula is C12H11N3OS. The van der Waals surface area contributed by atoms with Gasteiger partial charge in [-0.15, -0.1) is 11.3 Å². The summed E-state index contributed by atoms with van der Waals surface area (Å²) in [7, 11) is 3.63. The molecule has 0 saturated carbocycles. The highest BCUT2D eigenvalue weighted by atomic mass is 32.1. The minimum absolute atomic E-state index is 0.306. The zero-order chi connectivity index (χ0) is 12.3. The van der Waals surface area contributed by atoms with Gasteiger partial charge in [0.2, 0.25) is 17.5 Å². The Balaban J connectivity index is 2.26. The van der Waals surface area contributed by atoms with E-state index in [9.17, 15) is 0 Å². The summed E-state index contributed by atoms with van der Waals surface area (Å²) in [5, 5.41) is 10.9. The molecule has 0 aliphatic carbocycles. The van der Waals surface area contributed by atoms with E-state index in [2.05, 4.69) is 4.98 Å². The molecule has 2 aromatic heterocycles. The fraction of sp³-hybridized carbons (Fsp3) is 0.167. The van der Waals surface area contributed by atoms with Gasteiger partial charge in [0.25, 0.3) is 0 Å². The third-order valence-corrected chi connectivity index (χ3v) is 2.91. The second-order valence-electron chi connectivity index (χ2n) is 3.56. The fourth-order valence-corrected chi connectivity index (χ4v) is 1.93. The minimum atomic E-state index is 0.306. The molecule has 2 heterocycles. The molecule has 0 saturated heterocycles. The predicted molar refractivity (Wildman–Crippen MR) is 68.8 cm³/mol. The van der Waals surface area contributed by atoms with Crippen LogP contribution in [-0.4, -0.2) is 19.1 Å². The smallest absolute Gasteiger partial charge is 0.234 e. The van der Waals surface area contributed by atoms with Crippen molar-refractivity contribution in [3.8, 4) is 6.07 Å². The molecule has 86 valence electrons. The number of nitriles is 1. The average molecular weight is 245 g/mol. The lowest BCUT2D eigenvalue weighted by molar-refractivity contribution is 0.545. The summed E-state index contributed by atoms with van der Waals surface area (Å²) >= 11 is 1.63. The molecule has 0 aliphatic rings. The number of nitrogens with zero attached hydrogens (tertiary/aromatic N) is 3. The first-order chi connectivity index (χ1) is 8.20. The van der Waals surface area contributed by atoms with Crippen molar-refractivity contribution in [3.63, 3.8) is 0 Å². The van der Waals surface area contributed by atoms with Gasteiger partial charge in [-0.1, -0.05) is 6.07 Å². The van der Waals surface area contributed by atoms with Gasteiger partial charge in [-0.2, -0.15) is 10.2 Å². The average Bonchev–Trinajstić information content (AvgIpc) is 2.95. The molecule has 0 fully saturated rings. The summed E-state index contributed by atoms with van der Waals surface area (Å²) in [4.78, 5) is 6.95. The van der Waals surface area contributed by atoms with E-state index in [0.29, 0.717) is 17.5 Å². The van der Waals surface area contributed by atoms with E-state index in [-0.39, 0.29) is 0 Å². The zero-order valence-corrected chi connectivity index (χ0v) is 10.4. The fourth-order valence-electron chi connectivity index (χ4n) is 1.31. The highest BCUT2D eigenvalue weighted by Gasteiger charge is 2.12. The highest BCUT2D eigenvalue weighted by molar-refractivity contribution is 7.10. The van der Waals surface area contributed by atoms with E-state index in [4.69, 9.17) is 9.68 Å². The molecule has 5 heteroatoms. The topological polar surface area (TPSA) is 53.1 Å². The Labute approximate surface area is 103 Å². The van der Waals surface area contributed by atoms with Crippen LogP contribution in [0.25, 0.3) is 12.2 Å². The van der Waals surface area contributed by atoms with Gasteiger partial charge in [0.1, 0.15) is 6.07 Å². The molecule has 2 rings (SSSR count). The zero-order valence-electron chi connectivity index (χ0n) is 9.54. The minimum Gasteiger partial charge on any atom is -0.420 e. The van der Waals surface area contributed by atoms with Gasteiger partial charge in [0.15, 0.2) is 0 Å². The first-order valence-corrected chi connectivity index (χ1v) is 5.88. The Bertz CT molecular complexity index is 561. The van der Waals surface area contributed by atoms with Crippen molar-refractivity contribution in [1.29, 1.82) is 5.26 Å². The summed E-state index contributed by atoms with van der Waals surface area (Å²) in [6.45, 7) is 0. The molecule has 0 aliphatic heterocycles. The number of hydrogen-bond donors (Lipinski definition) is 0. The first kappa shape index (κ1) is 11.4. The largest absolute Gasteiger partial charge is 0.420 e. The van der Waals surface area contributed by atoms with Crippen LogP contribution in [0.3, 0.4) is 0 Å². The second kappa shape index (κ2) is 4.85. The van der Waals surface area contributed by atoms with E-state index in [1.54, 1.807) is 22.3 Å². The van der Waals surface area contributed by atoms with Gasteiger partial charge >= 0.3 is 0 Å². The van der Waals surface area contributed by atoms with E-state index in [0.717, 1.165) is 4.88 Å². The van der Waals surface area contributed by atoms with Crippen LogP contribution in [-0.2, 0) is 0 Å². The number of oxazole rings is 1. The molecule has 0 atom stereocenters. The van der Waals surface area contributed by atoms with Crippen LogP contribution in [0.15, 0.2) is 21.9 Å². The maximum atomic E-state index is 8.91. The first-order valence-electron chi connectivity index (χ1n) is 5.00. The summed E-state index contributed by atoms with van der Waals surface area (Å²) in [6, 6.07) is 5.99. The Morgan fingerprint density at radius 1 is 1.47 bits per heavy atom. The van der Waals surface area contributed by atoms with Crippen LogP contribution >= 0.6 is 11.3 Å². The number of hydrogen-bond acceptors (Lipinski definition) is 5. The predicted octanol–water partition coefficient (Wildman–Crippen LogP) is 2.84. The van der Waals surface area contributed by atoms with Crippen LogP contribution < -0.4 is 4.90 Å². The number of rotatable bonds is 3. The summed E-state index contributed by atoms with van der Waals surface area (Å²) in [5.41, 5.74) is 0.306. The molecule has 0 aromatic carbocycles. The van der Waals surface area contributed by atoms with Gasteiger partial charge in [-0.25, -0.2) is 0 Å². The molecule has 17 heavy (non-hydrogen) atoms. The Hall–Kier alpha value is -2.06. The summed E-state index contributed by atoms with van der Waals surface area (Å²) in [6.07, 6.45) is 3.68. The van der Waals surface area contributed by atoms with Crippen LogP contribution in [0.1, 0.15) is 16.5 Å². The number of anilines is 1. The van der Waals surface area contributed by atoms with Gasteiger partial charge in [0.05, 0.1) is 0 Å². The van der Waals surface area contributed by atoms with Crippen LogP contribution in [0.4, 0.5) is 5.88 Å². The maximum absolute atomic E-state index is 8.91. The molecule has 2 aromatic rings. The second-order valence-corrected chi connectivity index (χ2v) is 4.54. The Kier molecular flexibility index (Phi) is 3.26. The normalized spacial score (nSPS) is 10.6. The van der Waals surface area contributed by atoms with E-state index >= 15 is 0 Å². The van der Waals surface area contributed by atoms with Crippen molar-refractivity contribution >= 4 is 29.4 Å². The summed E-state index contributed by atoms with van der Waals surface area (Å²) in [5.74, 6) is 0.928. The monoisotopic (exact) mass is 245 g/mol. The lowest BCUT2D eigenvalue weighted by atomic mass is 10.4. The maximum Gasteiger partial charge on any atom is 0.234 e. The Morgan fingerprint density at radius 2 is 2.29 bits per heavy atom. The lowest BCUT2D eigenvalue weighted by Gasteiger charge is -2.05. The number of thiophene rings is 1. The summed E-state index contributed by atoms with van der Waals surface area (Å²) < 4.78 is 5.48. The molecule has 0 N–H and O–H groups in total. The van der Waals surface area contributed by atoms with E-state index in [1.807, 2.05) is 43.8 Å². The quantitative estimate of drug-likeness (QED) is 0.834. The molecule has 0 radical (unpaired) electrons. The van der Waals surface area contributed by atoms with Crippen molar-refractivity contribution in [3.05, 3.63) is 34.0 Å². The lowest BCUT2D eigenvalue weighted by Crippen LogP contribution is -2.08. The third kappa shape index (κ3) is 2.55. The third-order valence-electron chi connectivity index (χ3n) is 2.07. The van der Waals surface area contributed by atoms with Crippen LogP contribution in [0.2, 0.25) is 0 Å². The Morgan fingerprint density at radius 3 is 2.82 bits per heavy atom. The standard InChI is InChI=1S/C12H11N3OS/c1-15(2)12-10(8-13)14-11(16-12)6-5-9-4-3-7-17-9/h3-7H,1-2H3. The van der Waals surface area contributed by atoms with Gasteiger partial charge < -0.3 is 9.32 Å². The molecule has 0 bridgehead atoms. The SMILES string of the molecule is CN(C)c1oc(C=Cc2cccs2)nc1C#N. The van der Waals surface area contributed by atoms with Crippen molar-refractivity contribution in [2.75, 3.05) is 19.0 Å². The van der Waals surface area contributed by atoms with E-state index in [1.165, 1.54) is 0 Å². The molecular weight excluding hydrogens is 234 g/mol. The van der Waals surface area contributed by atoms with Crippen molar-refractivity contribution in [1.82, 2.24) is 4.98 Å². The molecule has 4 nitrogen and oxygen atoms in total. The van der Waals surface area contributed by atoms with Gasteiger partial charge in [-0.3, -0.25) is 0 Å². The number of aromatic nitrogens is 1. The molecule has 0 unspecified atom stereocenters. The van der Waals surface area contributed by atoms with Gasteiger partial charge in [0, 0.05) is 25.0 Å². The molecule has 0 amide bonds. The van der Waals surface area contributed by atoms with Crippen molar-refractivity contribution in [2.24, 2.45) is 0 Å².